The molecule has 0 bridgehead atoms. The van der Waals surface area contributed by atoms with Gasteiger partial charge in [0, 0.05) is 23.7 Å². The highest BCUT2D eigenvalue weighted by Crippen LogP contribution is 2.38. The second-order valence-corrected chi connectivity index (χ2v) is 7.55. The first kappa shape index (κ1) is 20.3. The molecule has 0 saturated carbocycles. The number of aromatic nitrogens is 4. The van der Waals surface area contributed by atoms with Crippen molar-refractivity contribution in [3.05, 3.63) is 48.2 Å². The largest absolute Gasteiger partial charge is 0.508 e. The molecule has 2 aromatic heterocycles. The molecule has 2 aromatic carbocycles. The molecule has 0 spiro atoms. The van der Waals surface area contributed by atoms with Gasteiger partial charge < -0.3 is 20.5 Å². The molecule has 4 aromatic rings. The quantitative estimate of drug-likeness (QED) is 0.388. The summed E-state index contributed by atoms with van der Waals surface area (Å²) in [6.45, 7) is 6.09. The van der Waals surface area contributed by atoms with E-state index in [9.17, 15) is 15.0 Å². The van der Waals surface area contributed by atoms with Gasteiger partial charge in [0.15, 0.2) is 5.82 Å². The summed E-state index contributed by atoms with van der Waals surface area (Å²) >= 11 is 0. The number of aromatic hydroxyl groups is 2. The Hall–Kier alpha value is -4.01. The molecule has 160 valence electrons. The third kappa shape index (κ3) is 3.43. The molecule has 4 rings (SSSR count). The Morgan fingerprint density at radius 1 is 1.16 bits per heavy atom. The summed E-state index contributed by atoms with van der Waals surface area (Å²) in [5, 5.41) is 32.4. The molecular weight excluding hydrogens is 396 g/mol. The fraction of sp³-hybridized carbons (Fsp3) is 0.227. The molecule has 0 aliphatic carbocycles. The van der Waals surface area contributed by atoms with Crippen LogP contribution in [0.3, 0.4) is 0 Å². The lowest BCUT2D eigenvalue weighted by Crippen LogP contribution is -2.22. The number of primary amides is 1. The van der Waals surface area contributed by atoms with Crippen molar-refractivity contribution in [2.24, 2.45) is 5.73 Å². The zero-order chi connectivity index (χ0) is 22.3. The van der Waals surface area contributed by atoms with Gasteiger partial charge in [-0.2, -0.15) is 0 Å². The number of anilines is 1. The predicted octanol–water partition coefficient (Wildman–Crippen LogP) is 3.93. The molecule has 0 radical (unpaired) electrons. The number of phenolic OH excluding ortho intramolecular Hbond substituents is 2. The van der Waals surface area contributed by atoms with Crippen molar-refractivity contribution >= 4 is 22.9 Å². The van der Waals surface area contributed by atoms with Crippen LogP contribution in [0, 0.1) is 0 Å². The van der Waals surface area contributed by atoms with Gasteiger partial charge in [0.05, 0.1) is 16.8 Å². The van der Waals surface area contributed by atoms with E-state index >= 15 is 0 Å². The highest BCUT2D eigenvalue weighted by atomic mass is 16.3. The summed E-state index contributed by atoms with van der Waals surface area (Å²) in [6, 6.07) is 10.2. The Morgan fingerprint density at radius 3 is 2.61 bits per heavy atom. The molecule has 31 heavy (non-hydrogen) atoms. The highest BCUT2D eigenvalue weighted by Gasteiger charge is 2.22. The molecular formula is C22H24N6O3. The summed E-state index contributed by atoms with van der Waals surface area (Å²) in [5.74, 6) is 0.279. The average molecular weight is 420 g/mol. The maximum Gasteiger partial charge on any atom is 0.319 e. The minimum atomic E-state index is -0.781. The van der Waals surface area contributed by atoms with Crippen molar-refractivity contribution in [2.45, 2.75) is 33.2 Å². The number of rotatable bonds is 5. The van der Waals surface area contributed by atoms with Gasteiger partial charge in [-0.1, -0.05) is 13.0 Å². The number of carbonyl (C=O) groups excluding carboxylic acids is 1. The fourth-order valence-electron chi connectivity index (χ4n) is 3.78. The number of nitrogens with one attached hydrogen (secondary N) is 1. The second kappa shape index (κ2) is 7.67. The van der Waals surface area contributed by atoms with Crippen LogP contribution in [-0.2, 0) is 6.42 Å². The maximum atomic E-state index is 11.6. The first-order valence-corrected chi connectivity index (χ1v) is 9.98. The number of hydrogen-bond donors (Lipinski definition) is 4. The van der Waals surface area contributed by atoms with Crippen LogP contribution in [-0.4, -0.2) is 35.6 Å². The lowest BCUT2D eigenvalue weighted by molar-refractivity contribution is 0.259. The van der Waals surface area contributed by atoms with Crippen LogP contribution >= 0.6 is 0 Å². The molecule has 0 unspecified atom stereocenters. The number of phenols is 2. The van der Waals surface area contributed by atoms with Gasteiger partial charge in [-0.3, -0.25) is 9.88 Å². The first-order valence-electron chi connectivity index (χ1n) is 9.98. The highest BCUT2D eigenvalue weighted by molar-refractivity contribution is 5.92. The monoisotopic (exact) mass is 420 g/mol. The van der Waals surface area contributed by atoms with E-state index in [0.717, 1.165) is 10.9 Å². The Labute approximate surface area is 178 Å². The number of urea groups is 1. The van der Waals surface area contributed by atoms with E-state index in [4.69, 9.17) is 5.73 Å². The van der Waals surface area contributed by atoms with Crippen LogP contribution < -0.4 is 11.1 Å². The first-order chi connectivity index (χ1) is 14.8. The summed E-state index contributed by atoms with van der Waals surface area (Å²) in [6.07, 6.45) is 2.56. The van der Waals surface area contributed by atoms with E-state index in [1.807, 2.05) is 37.4 Å². The number of amides is 2. The number of aryl methyl sites for hydroxylation is 1. The molecule has 0 atom stereocenters. The van der Waals surface area contributed by atoms with Gasteiger partial charge in [0.25, 0.3) is 0 Å². The minimum Gasteiger partial charge on any atom is -0.508 e. The molecule has 0 fully saturated rings. The summed E-state index contributed by atoms with van der Waals surface area (Å²) in [7, 11) is 0. The third-order valence-electron chi connectivity index (χ3n) is 5.25. The molecule has 9 nitrogen and oxygen atoms in total. The Bertz CT molecular complexity index is 1290. The molecule has 0 saturated heterocycles. The second-order valence-electron chi connectivity index (χ2n) is 7.55. The van der Waals surface area contributed by atoms with E-state index in [0.29, 0.717) is 29.1 Å². The smallest absolute Gasteiger partial charge is 0.319 e. The SMILES string of the molecule is CCc1cc(-c2nnc(NC(N)=O)n2-c2cccc3c2ccn3C(C)C)c(O)cc1O. The van der Waals surface area contributed by atoms with Crippen molar-refractivity contribution in [1.29, 1.82) is 0 Å². The van der Waals surface area contributed by atoms with Crippen LogP contribution in [0.2, 0.25) is 0 Å². The minimum absolute atomic E-state index is 0.00131. The van der Waals surface area contributed by atoms with Crippen LogP contribution in [0.5, 0.6) is 11.5 Å². The van der Waals surface area contributed by atoms with Crippen LogP contribution in [0.25, 0.3) is 28.0 Å². The van der Waals surface area contributed by atoms with Gasteiger partial charge in [-0.15, -0.1) is 10.2 Å². The molecule has 2 amide bonds. The van der Waals surface area contributed by atoms with E-state index in [-0.39, 0.29) is 23.5 Å². The lowest BCUT2D eigenvalue weighted by atomic mass is 10.1. The number of fused-ring (bicyclic) bond motifs is 1. The summed E-state index contributed by atoms with van der Waals surface area (Å²) in [4.78, 5) is 11.6. The van der Waals surface area contributed by atoms with Crippen molar-refractivity contribution in [3.8, 4) is 28.6 Å². The lowest BCUT2D eigenvalue weighted by Gasteiger charge is -2.15. The summed E-state index contributed by atoms with van der Waals surface area (Å²) < 4.78 is 3.78. The van der Waals surface area contributed by atoms with Gasteiger partial charge in [0.2, 0.25) is 5.95 Å². The number of hydrogen-bond acceptors (Lipinski definition) is 5. The molecule has 9 heteroatoms. The van der Waals surface area contributed by atoms with Crippen LogP contribution in [0.1, 0.15) is 32.4 Å². The Morgan fingerprint density at radius 2 is 1.94 bits per heavy atom. The van der Waals surface area contributed by atoms with Crippen molar-refractivity contribution in [3.63, 3.8) is 0 Å². The van der Waals surface area contributed by atoms with Gasteiger partial charge in [0.1, 0.15) is 11.5 Å². The molecule has 0 aliphatic rings. The third-order valence-corrected chi connectivity index (χ3v) is 5.25. The topological polar surface area (TPSA) is 131 Å². The molecule has 5 N–H and O–H groups in total. The Balaban J connectivity index is 2.02. The standard InChI is InChI=1S/C22H24N6O3/c1-4-13-10-15(19(30)11-18(13)29)20-25-26-22(24-21(23)31)28(20)17-7-5-6-16-14(17)8-9-27(16)12(2)3/h5-12,29-30H,4H2,1-3H3,(H3,23,24,26,31). The zero-order valence-electron chi connectivity index (χ0n) is 17.5. The van der Waals surface area contributed by atoms with Crippen LogP contribution in [0.15, 0.2) is 42.6 Å². The molecule has 2 heterocycles. The number of nitrogens with two attached hydrogens (primary N) is 1. The van der Waals surface area contributed by atoms with E-state index in [1.165, 1.54) is 6.07 Å². The predicted molar refractivity (Wildman–Crippen MR) is 119 cm³/mol. The van der Waals surface area contributed by atoms with Crippen molar-refractivity contribution < 1.29 is 15.0 Å². The maximum absolute atomic E-state index is 11.6. The van der Waals surface area contributed by atoms with Gasteiger partial charge >= 0.3 is 6.03 Å². The average Bonchev–Trinajstić information content (AvgIpc) is 3.32. The number of benzene rings is 2. The van der Waals surface area contributed by atoms with Crippen molar-refractivity contribution in [1.82, 2.24) is 19.3 Å². The number of nitrogens with zero attached hydrogens (tertiary/aromatic N) is 4. The van der Waals surface area contributed by atoms with Crippen LogP contribution in [0.4, 0.5) is 10.7 Å². The Kier molecular flexibility index (Phi) is 5.02. The van der Waals surface area contributed by atoms with E-state index < -0.39 is 6.03 Å². The van der Waals surface area contributed by atoms with E-state index in [2.05, 4.69) is 33.9 Å². The van der Waals surface area contributed by atoms with Gasteiger partial charge in [-0.05, 0) is 50.1 Å². The normalized spacial score (nSPS) is 11.4. The molecule has 0 aliphatic heterocycles. The van der Waals surface area contributed by atoms with Gasteiger partial charge in [-0.25, -0.2) is 4.79 Å². The number of carbonyl (C=O) groups is 1. The summed E-state index contributed by atoms with van der Waals surface area (Å²) in [5.41, 5.74) is 8.09. The van der Waals surface area contributed by atoms with Crippen molar-refractivity contribution in [2.75, 3.05) is 5.32 Å². The fourth-order valence-corrected chi connectivity index (χ4v) is 3.78. The van der Waals surface area contributed by atoms with E-state index in [1.54, 1.807) is 10.6 Å². The zero-order valence-corrected chi connectivity index (χ0v) is 17.5.